The average Bonchev–Trinajstić information content (AvgIpc) is 2.37. The fraction of sp³-hybridized carbons (Fsp3) is 1.00. The van der Waals surface area contributed by atoms with Crippen LogP contribution in [-0.2, 0) is 4.74 Å². The number of unbranched alkanes of at least 4 members (excludes halogenated alkanes) is 3. The molecule has 108 valence electrons. The summed E-state index contributed by atoms with van der Waals surface area (Å²) < 4.78 is 5.31. The molecule has 0 bridgehead atoms. The smallest absolute Gasteiger partial charge is 0.114 e. The van der Waals surface area contributed by atoms with Gasteiger partial charge in [0.1, 0.15) is 36.6 Å². The van der Waals surface area contributed by atoms with E-state index in [1.54, 1.807) is 0 Å². The zero-order chi connectivity index (χ0) is 13.7. The first-order chi connectivity index (χ1) is 8.50. The maximum Gasteiger partial charge on any atom is 0.114 e. The number of aliphatic hydroxyl groups excluding tert-OH is 5. The van der Waals surface area contributed by atoms with E-state index in [9.17, 15) is 25.5 Å². The summed E-state index contributed by atoms with van der Waals surface area (Å²) >= 11 is 0. The monoisotopic (exact) mass is 264 g/mol. The Hall–Kier alpha value is -0.240. The van der Waals surface area contributed by atoms with Crippen molar-refractivity contribution in [1.82, 2.24) is 0 Å². The predicted molar refractivity (Wildman–Crippen MR) is 63.9 cm³/mol. The van der Waals surface area contributed by atoms with Crippen LogP contribution < -0.4 is 0 Å². The minimum absolute atomic E-state index is 0.342. The fourth-order valence-electron chi connectivity index (χ4n) is 2.14. The third-order valence-electron chi connectivity index (χ3n) is 3.38. The van der Waals surface area contributed by atoms with Crippen LogP contribution in [0.25, 0.3) is 0 Å². The zero-order valence-electron chi connectivity index (χ0n) is 10.6. The highest BCUT2D eigenvalue weighted by Gasteiger charge is 2.48. The minimum Gasteiger partial charge on any atom is -0.387 e. The molecule has 6 nitrogen and oxygen atoms in total. The third-order valence-corrected chi connectivity index (χ3v) is 3.38. The number of aliphatic hydroxyl groups is 5. The second-order valence-corrected chi connectivity index (χ2v) is 4.85. The van der Waals surface area contributed by atoms with Gasteiger partial charge >= 0.3 is 0 Å². The fourth-order valence-corrected chi connectivity index (χ4v) is 2.14. The van der Waals surface area contributed by atoms with Crippen molar-refractivity contribution in [2.75, 3.05) is 6.61 Å². The SMILES string of the molecule is CCCCCCOC1[C@@H](O)[C@H](O)C(O)[C@H](O)[C@H]1O. The molecule has 6 atom stereocenters. The van der Waals surface area contributed by atoms with Gasteiger partial charge in [0.25, 0.3) is 0 Å². The van der Waals surface area contributed by atoms with E-state index >= 15 is 0 Å². The first-order valence-electron chi connectivity index (χ1n) is 6.52. The van der Waals surface area contributed by atoms with Gasteiger partial charge in [-0.05, 0) is 6.42 Å². The lowest BCUT2D eigenvalue weighted by Crippen LogP contribution is -2.64. The summed E-state index contributed by atoms with van der Waals surface area (Å²) in [6.07, 6.45) is -4.49. The van der Waals surface area contributed by atoms with Gasteiger partial charge in [0.2, 0.25) is 0 Å². The number of rotatable bonds is 6. The van der Waals surface area contributed by atoms with Gasteiger partial charge in [-0.3, -0.25) is 0 Å². The Morgan fingerprint density at radius 2 is 1.22 bits per heavy atom. The quantitative estimate of drug-likeness (QED) is 0.384. The van der Waals surface area contributed by atoms with E-state index in [4.69, 9.17) is 4.74 Å². The van der Waals surface area contributed by atoms with Gasteiger partial charge in [0.05, 0.1) is 0 Å². The van der Waals surface area contributed by atoms with Crippen LogP contribution >= 0.6 is 0 Å². The maximum atomic E-state index is 9.69. The highest BCUT2D eigenvalue weighted by Crippen LogP contribution is 2.24. The van der Waals surface area contributed by atoms with E-state index in [1.165, 1.54) is 0 Å². The molecule has 0 aromatic rings. The molecule has 0 spiro atoms. The first kappa shape index (κ1) is 15.8. The zero-order valence-corrected chi connectivity index (χ0v) is 10.6. The molecule has 0 amide bonds. The van der Waals surface area contributed by atoms with Crippen molar-refractivity contribution in [1.29, 1.82) is 0 Å². The van der Waals surface area contributed by atoms with Crippen LogP contribution in [0.3, 0.4) is 0 Å². The highest BCUT2D eigenvalue weighted by molar-refractivity contribution is 4.99. The molecule has 0 aromatic carbocycles. The summed E-state index contributed by atoms with van der Waals surface area (Å²) in [5.41, 5.74) is 0. The number of ether oxygens (including phenoxy) is 1. The lowest BCUT2D eigenvalue weighted by molar-refractivity contribution is -0.235. The van der Waals surface area contributed by atoms with Crippen LogP contribution in [0.2, 0.25) is 0 Å². The van der Waals surface area contributed by atoms with Crippen LogP contribution in [0, 0.1) is 0 Å². The lowest BCUT2D eigenvalue weighted by Gasteiger charge is -2.41. The predicted octanol–water partition coefficient (Wildman–Crippen LogP) is -1.23. The number of hydrogen-bond donors (Lipinski definition) is 5. The molecule has 2 unspecified atom stereocenters. The molecule has 5 N–H and O–H groups in total. The Kier molecular flexibility index (Phi) is 6.48. The summed E-state index contributed by atoms with van der Waals surface area (Å²) in [4.78, 5) is 0. The summed E-state index contributed by atoms with van der Waals surface area (Å²) in [6, 6.07) is 0. The topological polar surface area (TPSA) is 110 Å². The van der Waals surface area contributed by atoms with Crippen LogP contribution in [0.1, 0.15) is 32.6 Å². The molecule has 6 heteroatoms. The van der Waals surface area contributed by atoms with Crippen LogP contribution in [0.15, 0.2) is 0 Å². The molecular formula is C12H24O6. The molecule has 0 aliphatic heterocycles. The van der Waals surface area contributed by atoms with E-state index in [0.717, 1.165) is 25.7 Å². The van der Waals surface area contributed by atoms with Crippen molar-refractivity contribution in [2.45, 2.75) is 69.2 Å². The summed E-state index contributed by atoms with van der Waals surface area (Å²) in [5.74, 6) is 0. The third kappa shape index (κ3) is 3.63. The van der Waals surface area contributed by atoms with Crippen molar-refractivity contribution in [3.05, 3.63) is 0 Å². The van der Waals surface area contributed by atoms with Gasteiger partial charge < -0.3 is 30.3 Å². The molecule has 1 fully saturated rings. The molecule has 1 saturated carbocycles. The average molecular weight is 264 g/mol. The molecule has 0 saturated heterocycles. The molecule has 1 aliphatic carbocycles. The van der Waals surface area contributed by atoms with Crippen molar-refractivity contribution < 1.29 is 30.3 Å². The van der Waals surface area contributed by atoms with E-state index < -0.39 is 36.6 Å². The Labute approximate surface area is 107 Å². The van der Waals surface area contributed by atoms with E-state index in [-0.39, 0.29) is 0 Å². The molecule has 0 aromatic heterocycles. The summed E-state index contributed by atoms with van der Waals surface area (Å²) in [7, 11) is 0. The second kappa shape index (κ2) is 7.37. The Morgan fingerprint density at radius 3 is 1.72 bits per heavy atom. The normalized spacial score (nSPS) is 41.0. The van der Waals surface area contributed by atoms with Crippen LogP contribution in [-0.4, -0.2) is 68.8 Å². The van der Waals surface area contributed by atoms with Gasteiger partial charge in [-0.25, -0.2) is 0 Å². The maximum absolute atomic E-state index is 9.69. The van der Waals surface area contributed by atoms with Gasteiger partial charge in [-0.1, -0.05) is 26.2 Å². The summed E-state index contributed by atoms with van der Waals surface area (Å²) in [6.45, 7) is 2.43. The highest BCUT2D eigenvalue weighted by atomic mass is 16.5. The van der Waals surface area contributed by atoms with Gasteiger partial charge in [-0.2, -0.15) is 0 Å². The lowest BCUT2D eigenvalue weighted by atomic mass is 9.85. The van der Waals surface area contributed by atoms with Crippen molar-refractivity contribution in [3.8, 4) is 0 Å². The summed E-state index contributed by atoms with van der Waals surface area (Å²) in [5, 5.41) is 47.7. The van der Waals surface area contributed by atoms with Crippen LogP contribution in [0.4, 0.5) is 0 Å². The second-order valence-electron chi connectivity index (χ2n) is 4.85. The van der Waals surface area contributed by atoms with Crippen LogP contribution in [0.5, 0.6) is 0 Å². The Balaban J connectivity index is 2.42. The van der Waals surface area contributed by atoms with Gasteiger partial charge in [0.15, 0.2) is 0 Å². The molecule has 1 rings (SSSR count). The molecular weight excluding hydrogens is 240 g/mol. The van der Waals surface area contributed by atoms with E-state index in [1.807, 2.05) is 0 Å². The van der Waals surface area contributed by atoms with E-state index in [2.05, 4.69) is 6.92 Å². The largest absolute Gasteiger partial charge is 0.387 e. The first-order valence-corrected chi connectivity index (χ1v) is 6.52. The molecule has 0 heterocycles. The molecule has 0 radical (unpaired) electrons. The van der Waals surface area contributed by atoms with E-state index in [0.29, 0.717) is 6.61 Å². The standard InChI is InChI=1S/C12H24O6/c1-2-3-4-5-6-18-12-10(16)8(14)7(13)9(15)11(12)17/h7-17H,2-6H2,1H3/t7?,8-,9+,10+,11-,12?. The van der Waals surface area contributed by atoms with Crippen molar-refractivity contribution in [3.63, 3.8) is 0 Å². The minimum atomic E-state index is -1.56. The van der Waals surface area contributed by atoms with Gasteiger partial charge in [0, 0.05) is 6.61 Å². The Bertz CT molecular complexity index is 221. The van der Waals surface area contributed by atoms with Crippen molar-refractivity contribution in [2.24, 2.45) is 0 Å². The number of hydrogen-bond acceptors (Lipinski definition) is 6. The molecule has 1 aliphatic rings. The van der Waals surface area contributed by atoms with Gasteiger partial charge in [-0.15, -0.1) is 0 Å². The van der Waals surface area contributed by atoms with Crippen molar-refractivity contribution >= 4 is 0 Å². The Morgan fingerprint density at radius 1 is 0.722 bits per heavy atom. The molecule has 18 heavy (non-hydrogen) atoms.